The van der Waals surface area contributed by atoms with Crippen LogP contribution in [0, 0.1) is 0 Å². The van der Waals surface area contributed by atoms with E-state index in [0.717, 1.165) is 12.3 Å². The number of piperidine rings is 1. The molecule has 0 N–H and O–H groups in total. The van der Waals surface area contributed by atoms with Gasteiger partial charge in [-0.05, 0) is 86.1 Å². The van der Waals surface area contributed by atoms with Gasteiger partial charge in [0.1, 0.15) is 5.75 Å². The Bertz CT molecular complexity index is 609. The smallest absolute Gasteiger partial charge is 0.120 e. The summed E-state index contributed by atoms with van der Waals surface area (Å²) in [5.74, 6) is 1.04. The van der Waals surface area contributed by atoms with Gasteiger partial charge in [0.15, 0.2) is 0 Å². The lowest BCUT2D eigenvalue weighted by Gasteiger charge is -2.26. The van der Waals surface area contributed by atoms with Gasteiger partial charge in [-0.1, -0.05) is 31.0 Å². The summed E-state index contributed by atoms with van der Waals surface area (Å²) in [5, 5.41) is 2.63. The van der Waals surface area contributed by atoms with Crippen LogP contribution in [0.2, 0.25) is 0 Å². The molecule has 1 saturated heterocycles. The molecular formula is C22H29NO. The molecule has 0 atom stereocenters. The fourth-order valence-electron chi connectivity index (χ4n) is 4.20. The molecule has 2 heteroatoms. The van der Waals surface area contributed by atoms with Crippen molar-refractivity contribution in [2.75, 3.05) is 13.1 Å². The Kier molecular flexibility index (Phi) is 5.03. The number of hydrogen-bond acceptors (Lipinski definition) is 2. The summed E-state index contributed by atoms with van der Waals surface area (Å²) in [7, 11) is 0. The molecule has 1 heterocycles. The molecule has 0 bridgehead atoms. The minimum absolute atomic E-state index is 0.426. The lowest BCUT2D eigenvalue weighted by atomic mass is 9.98. The minimum Gasteiger partial charge on any atom is -0.490 e. The molecule has 0 amide bonds. The lowest BCUT2D eigenvalue weighted by Crippen LogP contribution is -2.29. The number of rotatable bonds is 4. The highest BCUT2D eigenvalue weighted by Crippen LogP contribution is 2.27. The molecule has 128 valence electrons. The van der Waals surface area contributed by atoms with Crippen molar-refractivity contribution in [1.82, 2.24) is 4.90 Å². The van der Waals surface area contributed by atoms with Crippen LogP contribution in [-0.4, -0.2) is 24.1 Å². The number of ether oxygens (including phenoxy) is 1. The Hall–Kier alpha value is -1.54. The van der Waals surface area contributed by atoms with Crippen LogP contribution in [0.25, 0.3) is 10.8 Å². The van der Waals surface area contributed by atoms with E-state index in [0.29, 0.717) is 6.10 Å². The maximum Gasteiger partial charge on any atom is 0.120 e. The highest BCUT2D eigenvalue weighted by Gasteiger charge is 2.15. The quantitative estimate of drug-likeness (QED) is 0.732. The second-order valence-electron chi connectivity index (χ2n) is 7.56. The summed E-state index contributed by atoms with van der Waals surface area (Å²) < 4.78 is 6.21. The Morgan fingerprint density at radius 2 is 1.50 bits per heavy atom. The molecule has 1 aliphatic heterocycles. The monoisotopic (exact) mass is 323 g/mol. The molecule has 24 heavy (non-hydrogen) atoms. The summed E-state index contributed by atoms with van der Waals surface area (Å²) in [6.07, 6.45) is 11.0. The second-order valence-corrected chi connectivity index (χ2v) is 7.56. The van der Waals surface area contributed by atoms with Gasteiger partial charge < -0.3 is 4.74 Å². The first-order valence-electron chi connectivity index (χ1n) is 9.78. The Morgan fingerprint density at radius 1 is 0.792 bits per heavy atom. The number of fused-ring (bicyclic) bond motifs is 1. The van der Waals surface area contributed by atoms with Crippen molar-refractivity contribution in [3.63, 3.8) is 0 Å². The normalized spacial score (nSPS) is 20.3. The zero-order valence-corrected chi connectivity index (χ0v) is 14.7. The van der Waals surface area contributed by atoms with E-state index in [1.807, 2.05) is 0 Å². The molecule has 2 aromatic carbocycles. The topological polar surface area (TPSA) is 12.5 Å². The van der Waals surface area contributed by atoms with Gasteiger partial charge in [0, 0.05) is 6.54 Å². The summed E-state index contributed by atoms with van der Waals surface area (Å²) in [6.45, 7) is 3.61. The number of nitrogens with zero attached hydrogens (tertiary/aromatic N) is 1. The fourth-order valence-corrected chi connectivity index (χ4v) is 4.20. The van der Waals surface area contributed by atoms with Gasteiger partial charge in [0.2, 0.25) is 0 Å². The first-order chi connectivity index (χ1) is 11.9. The van der Waals surface area contributed by atoms with Crippen molar-refractivity contribution >= 4 is 10.8 Å². The van der Waals surface area contributed by atoms with Gasteiger partial charge in [-0.15, -0.1) is 0 Å². The predicted octanol–water partition coefficient (Wildman–Crippen LogP) is 5.54. The third-order valence-corrected chi connectivity index (χ3v) is 5.59. The molecule has 1 aliphatic carbocycles. The third-order valence-electron chi connectivity index (χ3n) is 5.59. The molecule has 0 spiro atoms. The molecule has 4 rings (SSSR count). The average molecular weight is 323 g/mol. The van der Waals surface area contributed by atoms with Crippen molar-refractivity contribution in [3.05, 3.63) is 42.0 Å². The van der Waals surface area contributed by atoms with E-state index < -0.39 is 0 Å². The molecule has 0 unspecified atom stereocenters. The van der Waals surface area contributed by atoms with E-state index >= 15 is 0 Å². The molecule has 2 aromatic rings. The van der Waals surface area contributed by atoms with Gasteiger partial charge in [-0.25, -0.2) is 0 Å². The number of likely N-dealkylation sites (tertiary alicyclic amines) is 1. The first-order valence-corrected chi connectivity index (χ1v) is 9.78. The SMILES string of the molecule is c1cc2cc(OC3CCCCC3)ccc2cc1CN1CCCCC1. The van der Waals surface area contributed by atoms with E-state index in [9.17, 15) is 0 Å². The predicted molar refractivity (Wildman–Crippen MR) is 101 cm³/mol. The van der Waals surface area contributed by atoms with Gasteiger partial charge in [0.05, 0.1) is 6.10 Å². The Balaban J connectivity index is 1.45. The maximum absolute atomic E-state index is 6.21. The van der Waals surface area contributed by atoms with Crippen molar-refractivity contribution in [3.8, 4) is 5.75 Å². The average Bonchev–Trinajstić information content (AvgIpc) is 2.64. The van der Waals surface area contributed by atoms with Crippen LogP contribution in [0.4, 0.5) is 0 Å². The number of hydrogen-bond donors (Lipinski definition) is 0. The summed E-state index contributed by atoms with van der Waals surface area (Å²) in [5.41, 5.74) is 1.44. The van der Waals surface area contributed by atoms with Gasteiger partial charge in [-0.3, -0.25) is 4.90 Å². The van der Waals surface area contributed by atoms with E-state index in [4.69, 9.17) is 4.74 Å². The largest absolute Gasteiger partial charge is 0.490 e. The van der Waals surface area contributed by atoms with E-state index in [-0.39, 0.29) is 0 Å². The first kappa shape index (κ1) is 16.0. The van der Waals surface area contributed by atoms with E-state index in [1.54, 1.807) is 0 Å². The summed E-state index contributed by atoms with van der Waals surface area (Å²) in [6, 6.07) is 13.5. The Morgan fingerprint density at radius 3 is 2.33 bits per heavy atom. The van der Waals surface area contributed by atoms with Crippen LogP contribution in [0.15, 0.2) is 36.4 Å². The fraction of sp³-hybridized carbons (Fsp3) is 0.545. The minimum atomic E-state index is 0.426. The molecule has 0 aromatic heterocycles. The second kappa shape index (κ2) is 7.57. The van der Waals surface area contributed by atoms with Gasteiger partial charge in [-0.2, -0.15) is 0 Å². The molecule has 0 radical (unpaired) electrons. The number of benzene rings is 2. The van der Waals surface area contributed by atoms with Crippen LogP contribution in [0.3, 0.4) is 0 Å². The molecule has 2 nitrogen and oxygen atoms in total. The van der Waals surface area contributed by atoms with Crippen LogP contribution >= 0.6 is 0 Å². The highest BCUT2D eigenvalue weighted by atomic mass is 16.5. The van der Waals surface area contributed by atoms with Crippen LogP contribution < -0.4 is 4.74 Å². The molecule has 1 saturated carbocycles. The van der Waals surface area contributed by atoms with Crippen molar-refractivity contribution in [1.29, 1.82) is 0 Å². The van der Waals surface area contributed by atoms with Crippen molar-refractivity contribution in [2.45, 2.75) is 64.0 Å². The Labute approximate surface area is 145 Å². The summed E-state index contributed by atoms with van der Waals surface area (Å²) in [4.78, 5) is 2.59. The van der Waals surface area contributed by atoms with Crippen LogP contribution in [0.5, 0.6) is 5.75 Å². The highest BCUT2D eigenvalue weighted by molar-refractivity contribution is 5.84. The standard InChI is InChI=1S/C22H29NO/c1-3-7-21(8-4-1)24-22-12-11-19-15-18(9-10-20(19)16-22)17-23-13-5-2-6-14-23/h9-12,15-16,21H,1-8,13-14,17H2. The maximum atomic E-state index is 6.21. The zero-order valence-electron chi connectivity index (χ0n) is 14.7. The van der Waals surface area contributed by atoms with Gasteiger partial charge >= 0.3 is 0 Å². The van der Waals surface area contributed by atoms with Crippen molar-refractivity contribution < 1.29 is 4.74 Å². The zero-order chi connectivity index (χ0) is 16.2. The van der Waals surface area contributed by atoms with E-state index in [2.05, 4.69) is 41.3 Å². The van der Waals surface area contributed by atoms with Crippen LogP contribution in [-0.2, 0) is 6.54 Å². The molecule has 2 aliphatic rings. The van der Waals surface area contributed by atoms with Gasteiger partial charge in [0.25, 0.3) is 0 Å². The lowest BCUT2D eigenvalue weighted by molar-refractivity contribution is 0.155. The molecular weight excluding hydrogens is 294 g/mol. The third kappa shape index (κ3) is 3.92. The van der Waals surface area contributed by atoms with Crippen LogP contribution in [0.1, 0.15) is 56.9 Å². The van der Waals surface area contributed by atoms with Crippen molar-refractivity contribution in [2.24, 2.45) is 0 Å². The molecule has 2 fully saturated rings. The summed E-state index contributed by atoms with van der Waals surface area (Å²) >= 11 is 0. The van der Waals surface area contributed by atoms with E-state index in [1.165, 1.54) is 80.8 Å².